The zero-order valence-electron chi connectivity index (χ0n) is 24.4. The molecule has 12 nitrogen and oxygen atoms in total. The van der Waals surface area contributed by atoms with Gasteiger partial charge in [0.25, 0.3) is 5.69 Å². The molecular weight excluding hydrogens is 558 g/mol. The van der Waals surface area contributed by atoms with E-state index >= 15 is 0 Å². The number of non-ortho nitro benzene ring substituents is 1. The van der Waals surface area contributed by atoms with Crippen LogP contribution in [0.5, 0.6) is 5.75 Å². The molecule has 2 aromatic carbocycles. The first-order chi connectivity index (χ1) is 19.9. The number of ketones is 4. The van der Waals surface area contributed by atoms with Crippen LogP contribution in [0.4, 0.5) is 5.69 Å². The average molecular weight is 592 g/mol. The molecule has 0 spiro atoms. The molecule has 6 atom stereocenters. The number of rotatable bonds is 4. The van der Waals surface area contributed by atoms with Crippen LogP contribution in [-0.4, -0.2) is 74.8 Å². The fourth-order valence-electron chi connectivity index (χ4n) is 7.29. The van der Waals surface area contributed by atoms with E-state index in [0.29, 0.717) is 22.3 Å². The molecule has 5 rings (SSSR count). The Kier molecular flexibility index (Phi) is 6.94. The minimum absolute atomic E-state index is 0.0435. The summed E-state index contributed by atoms with van der Waals surface area (Å²) in [6, 6.07) is 6.34. The highest BCUT2D eigenvalue weighted by Crippen LogP contribution is 2.53. The lowest BCUT2D eigenvalue weighted by molar-refractivity contribution is -0.384. The summed E-state index contributed by atoms with van der Waals surface area (Å²) in [5, 5.41) is 34.8. The normalized spacial score (nSPS) is 28.8. The van der Waals surface area contributed by atoms with Crippen molar-refractivity contribution in [3.8, 4) is 16.9 Å². The maximum atomic E-state index is 14.3. The molecule has 0 radical (unpaired) electrons. The van der Waals surface area contributed by atoms with E-state index in [-0.39, 0.29) is 29.8 Å². The van der Waals surface area contributed by atoms with Gasteiger partial charge in [-0.1, -0.05) is 32.9 Å². The molecule has 3 aliphatic carbocycles. The predicted octanol–water partition coefficient (Wildman–Crippen LogP) is 1.74. The molecule has 0 saturated heterocycles. The largest absolute Gasteiger partial charge is 0.507 e. The summed E-state index contributed by atoms with van der Waals surface area (Å²) < 4.78 is 0. The van der Waals surface area contributed by atoms with Crippen LogP contribution in [0, 0.1) is 33.8 Å². The number of fused-ring (bicyclic) bond motifs is 3. The second-order valence-corrected chi connectivity index (χ2v) is 13.0. The molecule has 0 bridgehead atoms. The van der Waals surface area contributed by atoms with Crippen LogP contribution in [0.2, 0.25) is 0 Å². The van der Waals surface area contributed by atoms with Gasteiger partial charge in [-0.2, -0.15) is 0 Å². The zero-order valence-corrected chi connectivity index (χ0v) is 24.4. The van der Waals surface area contributed by atoms with Gasteiger partial charge in [0.05, 0.1) is 22.4 Å². The van der Waals surface area contributed by atoms with Gasteiger partial charge < -0.3 is 15.9 Å². The number of Topliss-reactive ketones (excluding diaryl/α,β-unsaturated/α-hetero) is 4. The molecule has 2 saturated carbocycles. The van der Waals surface area contributed by atoms with E-state index in [1.54, 1.807) is 12.1 Å². The monoisotopic (exact) mass is 591 g/mol. The zero-order chi connectivity index (χ0) is 31.9. The number of nitrogens with zero attached hydrogens (tertiary/aromatic N) is 2. The van der Waals surface area contributed by atoms with Crippen molar-refractivity contribution in [2.45, 2.75) is 50.7 Å². The molecule has 4 N–H and O–H groups in total. The maximum absolute atomic E-state index is 14.3. The highest BCUT2D eigenvalue weighted by molar-refractivity contribution is 6.32. The number of amides is 1. The number of hydrogen-bond acceptors (Lipinski definition) is 10. The predicted molar refractivity (Wildman–Crippen MR) is 152 cm³/mol. The molecular formula is C31H33N3O9. The minimum Gasteiger partial charge on any atom is -0.507 e. The van der Waals surface area contributed by atoms with Crippen molar-refractivity contribution in [2.24, 2.45) is 29.4 Å². The van der Waals surface area contributed by atoms with Gasteiger partial charge in [-0.15, -0.1) is 0 Å². The fourth-order valence-corrected chi connectivity index (χ4v) is 7.29. The van der Waals surface area contributed by atoms with Gasteiger partial charge in [-0.25, -0.2) is 0 Å². The Bertz CT molecular complexity index is 1640. The van der Waals surface area contributed by atoms with Gasteiger partial charge in [0, 0.05) is 23.6 Å². The smallest absolute Gasteiger partial charge is 0.270 e. The second kappa shape index (κ2) is 9.88. The summed E-state index contributed by atoms with van der Waals surface area (Å²) in [7, 11) is 3.03. The van der Waals surface area contributed by atoms with Gasteiger partial charge in [0.1, 0.15) is 5.75 Å². The summed E-state index contributed by atoms with van der Waals surface area (Å²) in [6.07, 6.45) is -0.0537. The van der Waals surface area contributed by atoms with E-state index in [1.807, 2.05) is 20.8 Å². The van der Waals surface area contributed by atoms with Crippen molar-refractivity contribution in [1.29, 1.82) is 0 Å². The number of carbonyl (C=O) groups is 5. The van der Waals surface area contributed by atoms with E-state index in [2.05, 4.69) is 0 Å². The fraction of sp³-hybridized carbons (Fsp3) is 0.452. The van der Waals surface area contributed by atoms with Gasteiger partial charge in [-0.3, -0.25) is 39.0 Å². The Balaban J connectivity index is 1.74. The lowest BCUT2D eigenvalue weighted by Crippen LogP contribution is -2.74. The number of nitro groups is 1. The lowest BCUT2D eigenvalue weighted by atomic mass is 9.52. The number of benzene rings is 2. The van der Waals surface area contributed by atoms with Crippen molar-refractivity contribution in [1.82, 2.24) is 4.90 Å². The third-order valence-electron chi connectivity index (χ3n) is 9.24. The first-order valence-electron chi connectivity index (χ1n) is 13.9. The number of nitro benzene ring substituents is 1. The average Bonchev–Trinajstić information content (AvgIpc) is 2.89. The van der Waals surface area contributed by atoms with Gasteiger partial charge in [0.15, 0.2) is 34.7 Å². The molecule has 0 aromatic heterocycles. The first-order valence-corrected chi connectivity index (χ1v) is 13.9. The van der Waals surface area contributed by atoms with Crippen molar-refractivity contribution in [2.75, 3.05) is 14.1 Å². The van der Waals surface area contributed by atoms with E-state index < -0.39 is 74.7 Å². The summed E-state index contributed by atoms with van der Waals surface area (Å²) >= 11 is 0. The number of primary amides is 1. The molecule has 1 amide bonds. The Morgan fingerprint density at radius 1 is 1.12 bits per heavy atom. The standard InChI is InChI=1S/C31H33N3O9/c1-30(2,3)19-12-16(13-7-6-8-15(9-13)34(42)43)17-10-14-11-18-23(33(4)5)26(37)22(29(32)40)28(39)31(18,41)27(38)20(14)25(36)21(17)24(19)35/h6-9,12,14,18,20,22-23,35,41H,10-11H2,1-5H3,(H2,32,40)/t14-,18-,20?,22?,23+,31-/m0/s1. The molecule has 12 heteroatoms. The quantitative estimate of drug-likeness (QED) is 0.267. The van der Waals surface area contributed by atoms with Crippen molar-refractivity contribution < 1.29 is 39.1 Å². The molecule has 0 heterocycles. The van der Waals surface area contributed by atoms with Crippen LogP contribution >= 0.6 is 0 Å². The van der Waals surface area contributed by atoms with Gasteiger partial charge in [-0.05, 0) is 61.0 Å². The Morgan fingerprint density at radius 3 is 2.33 bits per heavy atom. The van der Waals surface area contributed by atoms with E-state index in [1.165, 1.54) is 37.2 Å². The first kappa shape index (κ1) is 30.2. The van der Waals surface area contributed by atoms with Crippen molar-refractivity contribution in [3.63, 3.8) is 0 Å². The number of hydrogen-bond donors (Lipinski definition) is 3. The summed E-state index contributed by atoms with van der Waals surface area (Å²) in [6.45, 7) is 5.43. The van der Waals surface area contributed by atoms with Crippen molar-refractivity contribution in [3.05, 3.63) is 57.1 Å². The highest BCUT2D eigenvalue weighted by atomic mass is 16.6. The van der Waals surface area contributed by atoms with E-state index in [9.17, 15) is 44.3 Å². The Hall–Kier alpha value is -4.29. The third kappa shape index (κ3) is 4.30. The molecule has 2 unspecified atom stereocenters. The van der Waals surface area contributed by atoms with Gasteiger partial charge in [0.2, 0.25) is 5.91 Å². The molecule has 226 valence electrons. The molecule has 43 heavy (non-hydrogen) atoms. The minimum atomic E-state index is -2.82. The number of carbonyl (C=O) groups excluding carboxylic acids is 5. The SMILES string of the molecule is CN(C)[C@H]1C(=O)C(C(N)=O)C(=O)[C@@]2(O)C(=O)C3C(=O)c4c(O)c(C(C)(C)C)cc(-c5cccc([N+](=O)[O-])c5)c4C[C@H]3C[C@@H]12. The number of phenols is 1. The van der Waals surface area contributed by atoms with Crippen molar-refractivity contribution >= 4 is 34.7 Å². The lowest BCUT2D eigenvalue weighted by Gasteiger charge is -2.52. The maximum Gasteiger partial charge on any atom is 0.270 e. The number of phenolic OH excluding ortho intramolecular Hbond substituents is 1. The summed E-state index contributed by atoms with van der Waals surface area (Å²) in [5.74, 6) is -11.4. The molecule has 2 aromatic rings. The van der Waals surface area contributed by atoms with Crippen LogP contribution in [0.3, 0.4) is 0 Å². The van der Waals surface area contributed by atoms with Crippen LogP contribution in [0.15, 0.2) is 30.3 Å². The molecule has 3 aliphatic rings. The Labute approximate surface area is 247 Å². The second-order valence-electron chi connectivity index (χ2n) is 13.0. The van der Waals surface area contributed by atoms with Crippen LogP contribution in [-0.2, 0) is 31.0 Å². The van der Waals surface area contributed by atoms with Crippen LogP contribution in [0.1, 0.15) is 48.7 Å². The highest BCUT2D eigenvalue weighted by Gasteiger charge is 2.69. The van der Waals surface area contributed by atoms with Crippen LogP contribution in [0.25, 0.3) is 11.1 Å². The van der Waals surface area contributed by atoms with Crippen LogP contribution < -0.4 is 5.73 Å². The van der Waals surface area contributed by atoms with Gasteiger partial charge >= 0.3 is 0 Å². The third-order valence-corrected chi connectivity index (χ3v) is 9.24. The topological polar surface area (TPSA) is 198 Å². The Morgan fingerprint density at radius 2 is 1.77 bits per heavy atom. The van der Waals surface area contributed by atoms with E-state index in [4.69, 9.17) is 5.73 Å². The molecule has 0 aliphatic heterocycles. The summed E-state index contributed by atoms with van der Waals surface area (Å²) in [4.78, 5) is 79.8. The molecule has 2 fully saturated rings. The summed E-state index contributed by atoms with van der Waals surface area (Å²) in [5.41, 5.74) is 3.16. The number of aliphatic hydroxyl groups is 1. The van der Waals surface area contributed by atoms with E-state index in [0.717, 1.165) is 0 Å². The number of nitrogens with two attached hydrogens (primary N) is 1. The number of aromatic hydroxyl groups is 1. The number of likely N-dealkylation sites (N-methyl/N-ethyl adjacent to an activating group) is 1.